The van der Waals surface area contributed by atoms with E-state index in [1.54, 1.807) is 18.3 Å². The van der Waals surface area contributed by atoms with Crippen molar-refractivity contribution < 1.29 is 18.0 Å². The van der Waals surface area contributed by atoms with Crippen LogP contribution >= 0.6 is 0 Å². The number of carbonyl (C=O) groups excluding carboxylic acids is 1. The summed E-state index contributed by atoms with van der Waals surface area (Å²) in [5.74, 6) is -0.793. The van der Waals surface area contributed by atoms with Crippen LogP contribution < -0.4 is 0 Å². The molecule has 3 aromatic rings. The van der Waals surface area contributed by atoms with Gasteiger partial charge in [0.15, 0.2) is 0 Å². The molecule has 2 aromatic heterocycles. The van der Waals surface area contributed by atoms with Crippen molar-refractivity contribution in [3.05, 3.63) is 53.7 Å². The van der Waals surface area contributed by atoms with Gasteiger partial charge in [-0.1, -0.05) is 18.9 Å². The topological polar surface area (TPSA) is 77.0 Å². The molecule has 7 nitrogen and oxygen atoms in total. The van der Waals surface area contributed by atoms with Crippen molar-refractivity contribution in [2.45, 2.75) is 50.7 Å². The number of aromatic nitrogens is 4. The molecule has 0 spiro atoms. The van der Waals surface area contributed by atoms with Gasteiger partial charge in [-0.25, -0.2) is 0 Å². The van der Waals surface area contributed by atoms with Gasteiger partial charge in [0, 0.05) is 30.1 Å². The number of halogens is 2. The fraction of sp³-hybridized carbons (Fsp3) is 0.400. The Morgan fingerprint density at radius 3 is 2.69 bits per heavy atom. The maximum absolute atomic E-state index is 13.2. The lowest BCUT2D eigenvalue weighted by atomic mass is 9.89. The van der Waals surface area contributed by atoms with E-state index in [9.17, 15) is 13.6 Å². The molecule has 2 aliphatic rings. The molecule has 0 N–H and O–H groups in total. The average molecular weight is 399 g/mol. The van der Waals surface area contributed by atoms with Crippen LogP contribution in [0.15, 0.2) is 41.1 Å². The van der Waals surface area contributed by atoms with Crippen LogP contribution in [0.25, 0.3) is 11.5 Å². The van der Waals surface area contributed by atoms with Crippen LogP contribution in [0.4, 0.5) is 8.78 Å². The molecule has 3 heterocycles. The number of carbonyl (C=O) groups is 1. The third-order valence-corrected chi connectivity index (χ3v) is 5.78. The molecule has 2 unspecified atom stereocenters. The third kappa shape index (κ3) is 3.10. The second kappa shape index (κ2) is 7.06. The van der Waals surface area contributed by atoms with E-state index >= 15 is 0 Å². The van der Waals surface area contributed by atoms with Crippen molar-refractivity contribution in [1.29, 1.82) is 0 Å². The molecular formula is C20H19F2N5O2. The Labute approximate surface area is 165 Å². The van der Waals surface area contributed by atoms with E-state index in [0.717, 1.165) is 31.2 Å². The maximum Gasteiger partial charge on any atom is 0.314 e. The van der Waals surface area contributed by atoms with Gasteiger partial charge in [0.2, 0.25) is 5.89 Å². The average Bonchev–Trinajstić information content (AvgIpc) is 3.48. The summed E-state index contributed by atoms with van der Waals surface area (Å²) in [7, 11) is 0. The first-order valence-electron chi connectivity index (χ1n) is 9.67. The highest BCUT2D eigenvalue weighted by Gasteiger charge is 2.39. The van der Waals surface area contributed by atoms with Crippen molar-refractivity contribution in [3.8, 4) is 11.5 Å². The summed E-state index contributed by atoms with van der Waals surface area (Å²) in [5, 5.41) is 11.4. The summed E-state index contributed by atoms with van der Waals surface area (Å²) in [4.78, 5) is 15.1. The highest BCUT2D eigenvalue weighted by molar-refractivity contribution is 5.99. The molecule has 1 amide bonds. The van der Waals surface area contributed by atoms with Crippen LogP contribution in [0.5, 0.6) is 0 Å². The van der Waals surface area contributed by atoms with E-state index in [1.807, 2.05) is 27.9 Å². The molecule has 1 fully saturated rings. The summed E-state index contributed by atoms with van der Waals surface area (Å²) in [5.41, 5.74) is 1.94. The smallest absolute Gasteiger partial charge is 0.314 e. The molecule has 2 atom stereocenters. The van der Waals surface area contributed by atoms with Gasteiger partial charge in [0.1, 0.15) is 0 Å². The zero-order valence-electron chi connectivity index (χ0n) is 15.5. The van der Waals surface area contributed by atoms with Gasteiger partial charge in [-0.3, -0.25) is 9.48 Å². The van der Waals surface area contributed by atoms with Gasteiger partial charge in [0.05, 0.1) is 12.1 Å². The summed E-state index contributed by atoms with van der Waals surface area (Å²) in [6.45, 7) is 0.531. The number of rotatable bonds is 4. The Bertz CT molecular complexity index is 1030. The number of fused-ring (bicyclic) bond motifs is 1. The Morgan fingerprint density at radius 2 is 1.97 bits per heavy atom. The van der Waals surface area contributed by atoms with Crippen molar-refractivity contribution in [2.75, 3.05) is 0 Å². The van der Waals surface area contributed by atoms with Crippen LogP contribution in [0.2, 0.25) is 0 Å². The highest BCUT2D eigenvalue weighted by Crippen LogP contribution is 2.37. The lowest BCUT2D eigenvalue weighted by Crippen LogP contribution is -2.43. The van der Waals surface area contributed by atoms with Gasteiger partial charge < -0.3 is 9.32 Å². The predicted octanol–water partition coefficient (Wildman–Crippen LogP) is 4.01. The van der Waals surface area contributed by atoms with Gasteiger partial charge in [-0.05, 0) is 36.6 Å². The normalized spacial score (nSPS) is 21.8. The van der Waals surface area contributed by atoms with E-state index in [4.69, 9.17) is 4.42 Å². The van der Waals surface area contributed by atoms with Gasteiger partial charge in [-0.2, -0.15) is 13.9 Å². The van der Waals surface area contributed by atoms with E-state index in [0.29, 0.717) is 17.7 Å². The number of nitrogens with zero attached hydrogens (tertiary/aromatic N) is 5. The minimum absolute atomic E-state index is 0.0126. The first kappa shape index (κ1) is 18.0. The minimum Gasteiger partial charge on any atom is -0.415 e. The highest BCUT2D eigenvalue weighted by atomic mass is 19.3. The second-order valence-corrected chi connectivity index (χ2v) is 7.46. The molecule has 0 saturated heterocycles. The van der Waals surface area contributed by atoms with Crippen molar-refractivity contribution >= 4 is 5.91 Å². The number of hydrogen-bond acceptors (Lipinski definition) is 5. The zero-order chi connectivity index (χ0) is 20.0. The van der Waals surface area contributed by atoms with Crippen molar-refractivity contribution in [1.82, 2.24) is 24.9 Å². The number of hydrogen-bond donors (Lipinski definition) is 0. The lowest BCUT2D eigenvalue weighted by molar-refractivity contribution is 0.0559. The van der Waals surface area contributed by atoms with Crippen LogP contribution in [-0.4, -0.2) is 36.8 Å². The summed E-state index contributed by atoms with van der Waals surface area (Å²) >= 11 is 0. The molecule has 150 valence electrons. The van der Waals surface area contributed by atoms with Crippen LogP contribution in [-0.2, 0) is 6.54 Å². The molecule has 9 heteroatoms. The molecular weight excluding hydrogens is 380 g/mol. The predicted molar refractivity (Wildman–Crippen MR) is 98.1 cm³/mol. The quantitative estimate of drug-likeness (QED) is 0.663. The first-order chi connectivity index (χ1) is 14.1. The molecule has 1 aliphatic carbocycles. The molecule has 29 heavy (non-hydrogen) atoms. The monoisotopic (exact) mass is 399 g/mol. The van der Waals surface area contributed by atoms with Crippen molar-refractivity contribution in [3.63, 3.8) is 0 Å². The largest absolute Gasteiger partial charge is 0.415 e. The number of alkyl halides is 2. The zero-order valence-corrected chi connectivity index (χ0v) is 15.5. The Morgan fingerprint density at radius 1 is 1.14 bits per heavy atom. The first-order valence-corrected chi connectivity index (χ1v) is 9.67. The Hall–Kier alpha value is -3.10. The van der Waals surface area contributed by atoms with Gasteiger partial charge in [-0.15, -0.1) is 10.2 Å². The second-order valence-electron chi connectivity index (χ2n) is 7.46. The molecule has 1 saturated carbocycles. The molecule has 1 aliphatic heterocycles. The molecule has 1 aromatic carbocycles. The summed E-state index contributed by atoms with van der Waals surface area (Å²) in [6, 6.07) is 7.34. The Balaban J connectivity index is 1.43. The fourth-order valence-corrected chi connectivity index (χ4v) is 4.40. The van der Waals surface area contributed by atoms with E-state index in [-0.39, 0.29) is 23.9 Å². The summed E-state index contributed by atoms with van der Waals surface area (Å²) in [6.07, 6.45) is 4.99. The van der Waals surface area contributed by atoms with E-state index < -0.39 is 12.3 Å². The number of benzene rings is 1. The maximum atomic E-state index is 13.2. The van der Waals surface area contributed by atoms with Gasteiger partial charge in [0.25, 0.3) is 11.8 Å². The fourth-order valence-electron chi connectivity index (χ4n) is 4.40. The van der Waals surface area contributed by atoms with Gasteiger partial charge >= 0.3 is 6.43 Å². The van der Waals surface area contributed by atoms with Crippen LogP contribution in [0.1, 0.15) is 60.0 Å². The SMILES string of the molecule is O=C1c2cc(-c3nnc(C(F)F)o3)ccc2CN1C1CCCCC1n1cccn1. The Kier molecular flexibility index (Phi) is 4.37. The third-order valence-electron chi connectivity index (χ3n) is 5.78. The molecule has 0 bridgehead atoms. The molecule has 0 radical (unpaired) electrons. The van der Waals surface area contributed by atoms with Crippen LogP contribution in [0.3, 0.4) is 0 Å². The van der Waals surface area contributed by atoms with E-state index in [1.165, 1.54) is 0 Å². The molecule has 5 rings (SSSR count). The number of amides is 1. The van der Waals surface area contributed by atoms with Crippen LogP contribution in [0, 0.1) is 0 Å². The van der Waals surface area contributed by atoms with E-state index in [2.05, 4.69) is 15.3 Å². The van der Waals surface area contributed by atoms with Crippen molar-refractivity contribution in [2.24, 2.45) is 0 Å². The standard InChI is InChI=1S/C20H19F2N5O2/c21-17(22)19-25-24-18(29-19)12-6-7-13-11-26(20(28)14(13)10-12)15-4-1-2-5-16(15)27-9-3-8-23-27/h3,6-10,15-17H,1-2,4-5,11H2. The lowest BCUT2D eigenvalue weighted by Gasteiger charge is -2.38. The summed E-state index contributed by atoms with van der Waals surface area (Å²) < 4.78 is 32.4. The minimum atomic E-state index is -2.83.